The van der Waals surface area contributed by atoms with Gasteiger partial charge < -0.3 is 5.73 Å². The van der Waals surface area contributed by atoms with Gasteiger partial charge in [0.25, 0.3) is 0 Å². The minimum Gasteiger partial charge on any atom is -0.325 e. The molecule has 0 unspecified atom stereocenters. The zero-order valence-electron chi connectivity index (χ0n) is 5.00. The number of aromatic nitrogens is 2. The average Bonchev–Trinajstić information content (AvgIpc) is 2.14. The van der Waals surface area contributed by atoms with Crippen molar-refractivity contribution in [3.8, 4) is 0 Å². The van der Waals surface area contributed by atoms with Crippen molar-refractivity contribution in [3.63, 3.8) is 0 Å². The van der Waals surface area contributed by atoms with Crippen molar-refractivity contribution in [2.24, 2.45) is 5.73 Å². The van der Waals surface area contributed by atoms with Gasteiger partial charge in [-0.05, 0) is 6.92 Å². The van der Waals surface area contributed by atoms with Crippen molar-refractivity contribution in [1.82, 2.24) is 8.75 Å². The second kappa shape index (κ2) is 3.76. The molecule has 1 aromatic rings. The summed E-state index contributed by atoms with van der Waals surface area (Å²) in [6.07, 6.45) is 0. The molecule has 1 heterocycles. The lowest BCUT2D eigenvalue weighted by molar-refractivity contribution is 0.998. The molecular formula is C4H8ClN3S. The van der Waals surface area contributed by atoms with E-state index in [-0.39, 0.29) is 12.4 Å². The van der Waals surface area contributed by atoms with Crippen molar-refractivity contribution in [2.75, 3.05) is 0 Å². The number of aryl methyl sites for hydroxylation is 1. The van der Waals surface area contributed by atoms with E-state index in [0.717, 1.165) is 11.4 Å². The Morgan fingerprint density at radius 3 is 2.44 bits per heavy atom. The fraction of sp³-hybridized carbons (Fsp3) is 0.500. The van der Waals surface area contributed by atoms with E-state index < -0.39 is 0 Å². The van der Waals surface area contributed by atoms with E-state index in [0.29, 0.717) is 6.54 Å². The molecule has 3 nitrogen and oxygen atoms in total. The number of nitrogens with zero attached hydrogens (tertiary/aromatic N) is 2. The van der Waals surface area contributed by atoms with Crippen LogP contribution in [-0.4, -0.2) is 8.75 Å². The minimum atomic E-state index is 0. The third-order valence-electron chi connectivity index (χ3n) is 0.940. The molecule has 0 aliphatic carbocycles. The minimum absolute atomic E-state index is 0. The Balaban J connectivity index is 0.000000640. The van der Waals surface area contributed by atoms with Crippen LogP contribution in [0.1, 0.15) is 11.4 Å². The first-order chi connectivity index (χ1) is 3.84. The zero-order chi connectivity index (χ0) is 5.98. The fourth-order valence-electron chi connectivity index (χ4n) is 0.435. The second-order valence-electron chi connectivity index (χ2n) is 1.50. The Morgan fingerprint density at radius 1 is 1.56 bits per heavy atom. The van der Waals surface area contributed by atoms with Gasteiger partial charge in [0.1, 0.15) is 0 Å². The molecule has 0 aliphatic heterocycles. The summed E-state index contributed by atoms with van der Waals surface area (Å²) in [7, 11) is 0. The van der Waals surface area contributed by atoms with E-state index in [2.05, 4.69) is 8.75 Å². The number of hydrogen-bond acceptors (Lipinski definition) is 4. The normalized spacial score (nSPS) is 8.67. The van der Waals surface area contributed by atoms with Crippen LogP contribution in [0.5, 0.6) is 0 Å². The average molecular weight is 166 g/mol. The molecule has 0 fully saturated rings. The van der Waals surface area contributed by atoms with Crippen LogP contribution in [0.3, 0.4) is 0 Å². The molecule has 5 heteroatoms. The largest absolute Gasteiger partial charge is 0.325 e. The summed E-state index contributed by atoms with van der Waals surface area (Å²) >= 11 is 1.21. The maximum Gasteiger partial charge on any atom is 0.0907 e. The van der Waals surface area contributed by atoms with E-state index >= 15 is 0 Å². The maximum atomic E-state index is 5.30. The summed E-state index contributed by atoms with van der Waals surface area (Å²) in [5, 5.41) is 0. The summed E-state index contributed by atoms with van der Waals surface area (Å²) < 4.78 is 7.88. The van der Waals surface area contributed by atoms with Gasteiger partial charge in [-0.1, -0.05) is 0 Å². The third kappa shape index (κ3) is 1.89. The van der Waals surface area contributed by atoms with Crippen LogP contribution in [0.25, 0.3) is 0 Å². The quantitative estimate of drug-likeness (QED) is 0.668. The van der Waals surface area contributed by atoms with Crippen LogP contribution in [0.15, 0.2) is 0 Å². The van der Waals surface area contributed by atoms with Crippen molar-refractivity contribution in [1.29, 1.82) is 0 Å². The number of rotatable bonds is 1. The van der Waals surface area contributed by atoms with Gasteiger partial charge in [0.05, 0.1) is 23.1 Å². The summed E-state index contributed by atoms with van der Waals surface area (Å²) in [6.45, 7) is 2.41. The molecule has 0 aromatic carbocycles. The van der Waals surface area contributed by atoms with Crippen molar-refractivity contribution < 1.29 is 0 Å². The van der Waals surface area contributed by atoms with E-state index in [1.807, 2.05) is 6.92 Å². The smallest absolute Gasteiger partial charge is 0.0907 e. The van der Waals surface area contributed by atoms with Crippen LogP contribution in [-0.2, 0) is 6.54 Å². The molecule has 0 aliphatic rings. The fourth-order valence-corrected chi connectivity index (χ4v) is 1.01. The summed E-state index contributed by atoms with van der Waals surface area (Å²) in [5.41, 5.74) is 7.17. The molecule has 0 amide bonds. The van der Waals surface area contributed by atoms with Gasteiger partial charge in [-0.2, -0.15) is 8.75 Å². The van der Waals surface area contributed by atoms with Crippen molar-refractivity contribution >= 4 is 24.1 Å². The van der Waals surface area contributed by atoms with Crippen LogP contribution in [0.2, 0.25) is 0 Å². The van der Waals surface area contributed by atoms with Crippen LogP contribution >= 0.6 is 24.1 Å². The first-order valence-electron chi connectivity index (χ1n) is 2.32. The molecule has 9 heavy (non-hydrogen) atoms. The molecule has 0 bridgehead atoms. The predicted octanol–water partition coefficient (Wildman–Crippen LogP) is 0.727. The SMILES string of the molecule is Cc1nsnc1CN.Cl. The van der Waals surface area contributed by atoms with E-state index in [1.54, 1.807) is 0 Å². The van der Waals surface area contributed by atoms with Gasteiger partial charge in [0, 0.05) is 6.54 Å². The van der Waals surface area contributed by atoms with Gasteiger partial charge in [0.15, 0.2) is 0 Å². The lowest BCUT2D eigenvalue weighted by Gasteiger charge is -1.83. The highest BCUT2D eigenvalue weighted by Crippen LogP contribution is 2.00. The van der Waals surface area contributed by atoms with Crippen molar-refractivity contribution in [3.05, 3.63) is 11.4 Å². The zero-order valence-corrected chi connectivity index (χ0v) is 6.63. The molecule has 0 atom stereocenters. The summed E-state index contributed by atoms with van der Waals surface area (Å²) in [4.78, 5) is 0. The Hall–Kier alpha value is -0.190. The van der Waals surface area contributed by atoms with E-state index in [4.69, 9.17) is 5.73 Å². The lowest BCUT2D eigenvalue weighted by atomic mass is 10.4. The van der Waals surface area contributed by atoms with E-state index in [9.17, 15) is 0 Å². The predicted molar refractivity (Wildman–Crippen MR) is 39.8 cm³/mol. The lowest BCUT2D eigenvalue weighted by Crippen LogP contribution is -1.97. The van der Waals surface area contributed by atoms with Crippen molar-refractivity contribution in [2.45, 2.75) is 13.5 Å². The number of hydrogen-bond donors (Lipinski definition) is 1. The molecule has 2 N–H and O–H groups in total. The van der Waals surface area contributed by atoms with Gasteiger partial charge in [-0.25, -0.2) is 0 Å². The van der Waals surface area contributed by atoms with Gasteiger partial charge in [0.2, 0.25) is 0 Å². The summed E-state index contributed by atoms with van der Waals surface area (Å²) in [6, 6.07) is 0. The highest BCUT2D eigenvalue weighted by molar-refractivity contribution is 6.99. The highest BCUT2D eigenvalue weighted by atomic mass is 35.5. The molecule has 0 spiro atoms. The van der Waals surface area contributed by atoms with Crippen LogP contribution in [0.4, 0.5) is 0 Å². The monoisotopic (exact) mass is 165 g/mol. The number of halogens is 1. The molecule has 52 valence electrons. The Kier molecular flexibility index (Phi) is 3.68. The molecule has 0 saturated carbocycles. The number of nitrogens with two attached hydrogens (primary N) is 1. The summed E-state index contributed by atoms with van der Waals surface area (Å²) in [5.74, 6) is 0. The maximum absolute atomic E-state index is 5.30. The van der Waals surface area contributed by atoms with Gasteiger partial charge in [-0.3, -0.25) is 0 Å². The molecule has 0 radical (unpaired) electrons. The van der Waals surface area contributed by atoms with Crippen LogP contribution < -0.4 is 5.73 Å². The second-order valence-corrected chi connectivity index (χ2v) is 2.03. The first kappa shape index (κ1) is 8.81. The Labute approximate surface area is 64.0 Å². The molecule has 0 saturated heterocycles. The first-order valence-corrected chi connectivity index (χ1v) is 3.05. The molecule has 1 aromatic heterocycles. The van der Waals surface area contributed by atoms with Gasteiger partial charge >= 0.3 is 0 Å². The highest BCUT2D eigenvalue weighted by Gasteiger charge is 1.96. The third-order valence-corrected chi connectivity index (χ3v) is 1.60. The topological polar surface area (TPSA) is 51.8 Å². The van der Waals surface area contributed by atoms with Gasteiger partial charge in [-0.15, -0.1) is 12.4 Å². The molecular weight excluding hydrogens is 158 g/mol. The molecule has 1 rings (SSSR count). The standard InChI is InChI=1S/C4H7N3S.ClH/c1-3-4(2-5)7-8-6-3;/h2,5H2,1H3;1H. The van der Waals surface area contributed by atoms with E-state index in [1.165, 1.54) is 11.7 Å². The Bertz CT molecular complexity index is 176. The Morgan fingerprint density at radius 2 is 2.22 bits per heavy atom. The van der Waals surface area contributed by atoms with Crippen LogP contribution in [0, 0.1) is 6.92 Å².